The maximum absolute atomic E-state index is 14.8. The van der Waals surface area contributed by atoms with Gasteiger partial charge in [0, 0.05) is 32.2 Å². The van der Waals surface area contributed by atoms with Crippen molar-refractivity contribution in [1.29, 1.82) is 0 Å². The Bertz CT molecular complexity index is 1760. The molecule has 6 rings (SSSR count). The van der Waals surface area contributed by atoms with Crippen LogP contribution in [0.3, 0.4) is 0 Å². The van der Waals surface area contributed by atoms with Crippen molar-refractivity contribution in [3.63, 3.8) is 0 Å². The van der Waals surface area contributed by atoms with E-state index < -0.39 is 63.2 Å². The molecule has 5 amide bonds. The van der Waals surface area contributed by atoms with Crippen LogP contribution in [0.4, 0.5) is 4.79 Å². The molecule has 0 radical (unpaired) electrons. The van der Waals surface area contributed by atoms with Crippen molar-refractivity contribution in [2.24, 2.45) is 34.5 Å². The minimum atomic E-state index is -3.74. The monoisotopic (exact) mass is 766 g/mol. The van der Waals surface area contributed by atoms with Crippen LogP contribution in [0.15, 0.2) is 41.8 Å². The van der Waals surface area contributed by atoms with Crippen molar-refractivity contribution in [2.75, 3.05) is 19.6 Å². The highest BCUT2D eigenvalue weighted by Crippen LogP contribution is 2.65. The Balaban J connectivity index is 1.20. The molecule has 14 heteroatoms. The topological polar surface area (TPSA) is 174 Å². The standard InChI is InChI=1S/C40H58N6O7S/c1-7-19-41-36(49)34(47)28(20-24-17-18-24)42-35(48)33-31-27(40(31,5)6)22-46(33)37(50)32(25-13-9-8-10-14-25)44-38(51)43-30(39(2,3)4)23-45-21-26-15-11-12-16-29(26)54(45,52)53/h7,11-12,15-16,24-25,27-28,30-33H,1,8-10,13-14,17-23H2,2-6H3,(H,41,49)(H,42,48)(H2,43,44,51)/t27-,28?,30+,31?,32-,33-/m0/s1. The molecule has 6 atom stereocenters. The van der Waals surface area contributed by atoms with Gasteiger partial charge >= 0.3 is 6.03 Å². The van der Waals surface area contributed by atoms with E-state index in [4.69, 9.17) is 0 Å². The highest BCUT2D eigenvalue weighted by Gasteiger charge is 2.70. The van der Waals surface area contributed by atoms with Gasteiger partial charge < -0.3 is 26.2 Å². The van der Waals surface area contributed by atoms with Crippen LogP contribution in [0, 0.1) is 34.5 Å². The number of ketones is 1. The summed E-state index contributed by atoms with van der Waals surface area (Å²) < 4.78 is 28.2. The second-order valence-corrected chi connectivity index (χ2v) is 19.7. The van der Waals surface area contributed by atoms with Crippen molar-refractivity contribution in [2.45, 2.75) is 122 Å². The van der Waals surface area contributed by atoms with Crippen LogP contribution in [0.1, 0.15) is 91.5 Å². The Morgan fingerprint density at radius 1 is 0.981 bits per heavy atom. The second kappa shape index (κ2) is 15.4. The molecule has 13 nitrogen and oxygen atoms in total. The SMILES string of the molecule is C=CCNC(=O)C(=O)C(CC1CC1)NC(=O)[C@@H]1C2[C@H](CN1C(=O)[C@@H](NC(=O)N[C@H](CN1Cc3ccccc3S1(=O)=O)C(C)(C)C)C1CCCCC1)C2(C)C. The van der Waals surface area contributed by atoms with Crippen LogP contribution in [-0.2, 0) is 35.7 Å². The largest absolute Gasteiger partial charge is 0.346 e. The zero-order valence-corrected chi connectivity index (χ0v) is 33.2. The summed E-state index contributed by atoms with van der Waals surface area (Å²) in [5, 5.41) is 11.5. The maximum atomic E-state index is 14.8. The van der Waals surface area contributed by atoms with Crippen molar-refractivity contribution in [3.8, 4) is 0 Å². The van der Waals surface area contributed by atoms with Gasteiger partial charge in [-0.2, -0.15) is 4.31 Å². The van der Waals surface area contributed by atoms with Crippen LogP contribution in [0.5, 0.6) is 0 Å². The average Bonchev–Trinajstić information content (AvgIpc) is 3.95. The molecule has 1 saturated heterocycles. The molecule has 4 fully saturated rings. The second-order valence-electron chi connectivity index (χ2n) is 17.8. The summed E-state index contributed by atoms with van der Waals surface area (Å²) in [6.07, 6.45) is 8.03. The zero-order valence-electron chi connectivity index (χ0n) is 32.4. The fraction of sp³-hybridized carbons (Fsp3) is 0.675. The van der Waals surface area contributed by atoms with Gasteiger partial charge in [-0.3, -0.25) is 19.2 Å². The van der Waals surface area contributed by atoms with Crippen LogP contribution in [-0.4, -0.2) is 91.0 Å². The lowest BCUT2D eigenvalue weighted by Gasteiger charge is -2.38. The van der Waals surface area contributed by atoms with Crippen LogP contribution < -0.4 is 21.3 Å². The van der Waals surface area contributed by atoms with E-state index in [2.05, 4.69) is 41.7 Å². The van der Waals surface area contributed by atoms with E-state index in [-0.39, 0.29) is 59.5 Å². The minimum Gasteiger partial charge on any atom is -0.346 e. The fourth-order valence-electron chi connectivity index (χ4n) is 8.97. The molecule has 1 aromatic carbocycles. The molecule has 5 aliphatic rings. The lowest BCUT2D eigenvalue weighted by molar-refractivity contribution is -0.144. The third-order valence-electron chi connectivity index (χ3n) is 12.6. The molecule has 0 bridgehead atoms. The molecular weight excluding hydrogens is 709 g/mol. The molecule has 1 aromatic rings. The Morgan fingerprint density at radius 2 is 1.67 bits per heavy atom. The fourth-order valence-corrected chi connectivity index (χ4v) is 10.6. The highest BCUT2D eigenvalue weighted by molar-refractivity contribution is 7.89. The van der Waals surface area contributed by atoms with Gasteiger partial charge in [0.05, 0.1) is 10.9 Å². The summed E-state index contributed by atoms with van der Waals surface area (Å²) in [7, 11) is -3.74. The molecule has 2 aliphatic heterocycles. The number of urea groups is 1. The molecule has 2 unspecified atom stereocenters. The first kappa shape index (κ1) is 39.9. The molecule has 3 saturated carbocycles. The number of carbonyl (C=O) groups excluding carboxylic acids is 5. The Labute approximate surface area is 319 Å². The Hall–Kier alpha value is -3.78. The molecule has 4 N–H and O–H groups in total. The van der Waals surface area contributed by atoms with Gasteiger partial charge in [0.15, 0.2) is 0 Å². The molecule has 296 valence electrons. The lowest BCUT2D eigenvalue weighted by atomic mass is 9.83. The van der Waals surface area contributed by atoms with E-state index in [1.165, 1.54) is 10.4 Å². The van der Waals surface area contributed by atoms with Gasteiger partial charge in [0.2, 0.25) is 27.6 Å². The predicted octanol–water partition coefficient (Wildman–Crippen LogP) is 3.49. The lowest BCUT2D eigenvalue weighted by Crippen LogP contribution is -2.61. The van der Waals surface area contributed by atoms with Crippen LogP contribution >= 0.6 is 0 Å². The maximum Gasteiger partial charge on any atom is 0.315 e. The average molecular weight is 767 g/mol. The number of nitrogens with zero attached hydrogens (tertiary/aromatic N) is 2. The van der Waals surface area contributed by atoms with Crippen molar-refractivity contribution in [1.82, 2.24) is 30.5 Å². The molecule has 2 heterocycles. The van der Waals surface area contributed by atoms with Gasteiger partial charge in [0.25, 0.3) is 5.91 Å². The summed E-state index contributed by atoms with van der Waals surface area (Å²) in [6.45, 7) is 14.3. The summed E-state index contributed by atoms with van der Waals surface area (Å²) in [6, 6.07) is 2.97. The number of hydrogen-bond donors (Lipinski definition) is 4. The van der Waals surface area contributed by atoms with E-state index >= 15 is 0 Å². The van der Waals surface area contributed by atoms with Crippen LogP contribution in [0.25, 0.3) is 0 Å². The van der Waals surface area contributed by atoms with Gasteiger partial charge in [-0.25, -0.2) is 13.2 Å². The number of carbonyl (C=O) groups is 5. The summed E-state index contributed by atoms with van der Waals surface area (Å²) >= 11 is 0. The van der Waals surface area contributed by atoms with E-state index in [1.54, 1.807) is 23.1 Å². The molecular formula is C40H58N6O7S. The minimum absolute atomic E-state index is 0.0507. The van der Waals surface area contributed by atoms with E-state index in [9.17, 15) is 32.4 Å². The number of fused-ring (bicyclic) bond motifs is 2. The number of benzene rings is 1. The van der Waals surface area contributed by atoms with Gasteiger partial charge in [-0.15, -0.1) is 6.58 Å². The predicted molar refractivity (Wildman–Crippen MR) is 203 cm³/mol. The summed E-state index contributed by atoms with van der Waals surface area (Å²) in [5.74, 6) is -2.24. The zero-order chi connectivity index (χ0) is 39.2. The quantitative estimate of drug-likeness (QED) is 0.166. The van der Waals surface area contributed by atoms with Crippen molar-refractivity contribution >= 4 is 39.6 Å². The molecule has 0 spiro atoms. The van der Waals surface area contributed by atoms with E-state index in [0.29, 0.717) is 18.5 Å². The first-order valence-electron chi connectivity index (χ1n) is 19.6. The molecule has 54 heavy (non-hydrogen) atoms. The summed E-state index contributed by atoms with van der Waals surface area (Å²) in [4.78, 5) is 70.8. The smallest absolute Gasteiger partial charge is 0.315 e. The summed E-state index contributed by atoms with van der Waals surface area (Å²) in [5.41, 5.74) is -0.0210. The Morgan fingerprint density at radius 3 is 2.30 bits per heavy atom. The van der Waals surface area contributed by atoms with Gasteiger partial charge in [-0.1, -0.05) is 91.0 Å². The third-order valence-corrected chi connectivity index (χ3v) is 14.5. The number of nitrogens with one attached hydrogen (secondary N) is 4. The molecule has 3 aliphatic carbocycles. The van der Waals surface area contributed by atoms with Crippen molar-refractivity contribution < 1.29 is 32.4 Å². The normalized spacial score (nSPS) is 26.0. The molecule has 0 aromatic heterocycles. The number of likely N-dealkylation sites (tertiary alicyclic amines) is 1. The number of sulfonamides is 1. The van der Waals surface area contributed by atoms with Gasteiger partial charge in [-0.05, 0) is 65.4 Å². The highest BCUT2D eigenvalue weighted by atomic mass is 32.2. The first-order chi connectivity index (χ1) is 25.4. The van der Waals surface area contributed by atoms with Gasteiger partial charge in [0.1, 0.15) is 12.1 Å². The Kier molecular flexibility index (Phi) is 11.4. The van der Waals surface area contributed by atoms with Crippen LogP contribution in [0.2, 0.25) is 0 Å². The van der Waals surface area contributed by atoms with E-state index in [1.807, 2.05) is 26.8 Å². The first-order valence-corrected chi connectivity index (χ1v) is 21.1. The number of piperidine rings is 1. The third kappa shape index (κ3) is 8.24. The van der Waals surface area contributed by atoms with Crippen molar-refractivity contribution in [3.05, 3.63) is 42.5 Å². The number of rotatable bonds is 14. The number of amides is 5. The van der Waals surface area contributed by atoms with E-state index in [0.717, 1.165) is 44.9 Å². The number of hydrogen-bond acceptors (Lipinski definition) is 7. The number of Topliss-reactive ketones (excluding diaryl/α,β-unsaturated/α-hetero) is 1.